The van der Waals surface area contributed by atoms with E-state index in [0.29, 0.717) is 58.3 Å². The topological polar surface area (TPSA) is 135 Å². The van der Waals surface area contributed by atoms with Crippen LogP contribution in [-0.4, -0.2) is 137 Å². The Labute approximate surface area is 319 Å². The molecule has 3 heterocycles. The van der Waals surface area contributed by atoms with Gasteiger partial charge < -0.3 is 34.0 Å². The minimum absolute atomic E-state index is 0. The number of carboxylic acids is 1. The highest BCUT2D eigenvalue weighted by molar-refractivity contribution is 5.91. The van der Waals surface area contributed by atoms with Gasteiger partial charge in [0.2, 0.25) is 0 Å². The second-order valence-corrected chi connectivity index (χ2v) is 16.2. The van der Waals surface area contributed by atoms with Crippen molar-refractivity contribution in [3.8, 4) is 0 Å². The van der Waals surface area contributed by atoms with E-state index in [-0.39, 0.29) is 54.6 Å². The Kier molecular flexibility index (Phi) is 18.8. The summed E-state index contributed by atoms with van der Waals surface area (Å²) in [6.45, 7) is 19.1. The summed E-state index contributed by atoms with van der Waals surface area (Å²) in [6, 6.07) is 0. The van der Waals surface area contributed by atoms with Gasteiger partial charge in [0.1, 0.15) is 11.9 Å². The van der Waals surface area contributed by atoms with Crippen LogP contribution in [0.1, 0.15) is 72.1 Å². The van der Waals surface area contributed by atoms with Gasteiger partial charge in [0.05, 0.1) is 39.0 Å². The van der Waals surface area contributed by atoms with E-state index in [1.807, 2.05) is 0 Å². The molecule has 0 radical (unpaired) electrons. The molecule has 6 rings (SSSR count). The first-order chi connectivity index (χ1) is 25.1. The Hall–Kier alpha value is -1.99. The van der Waals surface area contributed by atoms with E-state index < -0.39 is 17.5 Å². The van der Waals surface area contributed by atoms with E-state index in [1.165, 1.54) is 0 Å². The molecule has 1 spiro atoms. The molecule has 8 unspecified atom stereocenters. The lowest BCUT2D eigenvalue weighted by molar-refractivity contribution is -0.157. The summed E-state index contributed by atoms with van der Waals surface area (Å²) < 4.78 is 22.3. The molecule has 11 nitrogen and oxygen atoms in total. The highest BCUT2D eigenvalue weighted by Gasteiger charge is 2.58. The zero-order chi connectivity index (χ0) is 37.8. The Morgan fingerprint density at radius 1 is 0.925 bits per heavy atom. The molecular weight excluding hydrogens is 676 g/mol. The van der Waals surface area contributed by atoms with Crippen LogP contribution >= 0.6 is 0 Å². The maximum absolute atomic E-state index is 14.2. The van der Waals surface area contributed by atoms with Crippen molar-refractivity contribution >= 4 is 18.0 Å². The second-order valence-electron chi connectivity index (χ2n) is 16.2. The van der Waals surface area contributed by atoms with Crippen molar-refractivity contribution in [1.29, 1.82) is 0 Å². The van der Waals surface area contributed by atoms with Crippen LogP contribution in [0.3, 0.4) is 0 Å². The highest BCUT2D eigenvalue weighted by atomic mass is 16.5. The SMILES string of the molecule is C.C=C1CC[C@@H](C(CN2CCOCC2)C(=O)O)CC2C(C)CCC3(OCC12)C(=O)CC1C(=C)CCC(C(C=O)CN2CCOCC2)C[C@H]13.CO.COC. The van der Waals surface area contributed by atoms with Gasteiger partial charge in [0, 0.05) is 84.8 Å². The van der Waals surface area contributed by atoms with Crippen molar-refractivity contribution in [3.63, 3.8) is 0 Å². The standard InChI is InChI=1S/C38H58N2O7.C2H6O.CH4O.CH4/c1-25-4-6-28(30(23-41)21-39-10-14-45-15-11-39)19-35-32(25)20-36(42)38(35)9-8-27(3)31-18-29(7-5-26(2)34(31)24-47-38)33(37(43)44)22-40-12-16-46-17-13-40;1-3-2;1-2;/h23,27-35H,1-2,4-22,24H2,3H3,(H,43,44);1-2H3;2H,1H3;1H4/t27?,28?,29-,30?,31?,32?,33?,34?,35-,38?;;;/m1.../s1. The summed E-state index contributed by atoms with van der Waals surface area (Å²) in [7, 11) is 4.25. The molecule has 3 saturated heterocycles. The first-order valence-electron chi connectivity index (χ1n) is 19.8. The zero-order valence-corrected chi connectivity index (χ0v) is 32.5. The van der Waals surface area contributed by atoms with Crippen LogP contribution in [0.25, 0.3) is 0 Å². The minimum atomic E-state index is -0.853. The van der Waals surface area contributed by atoms with Crippen LogP contribution in [-0.2, 0) is 33.3 Å². The molecule has 10 atom stereocenters. The number of hydrogen-bond donors (Lipinski definition) is 2. The lowest BCUT2D eigenvalue weighted by atomic mass is 9.68. The van der Waals surface area contributed by atoms with Crippen LogP contribution in [0.15, 0.2) is 24.3 Å². The molecule has 11 heteroatoms. The summed E-state index contributed by atoms with van der Waals surface area (Å²) in [5.41, 5.74) is 1.44. The van der Waals surface area contributed by atoms with Crippen LogP contribution < -0.4 is 0 Å². The summed E-state index contributed by atoms with van der Waals surface area (Å²) in [5, 5.41) is 17.4. The number of allylic oxidation sites excluding steroid dienone is 1. The number of hydrogen-bond acceptors (Lipinski definition) is 10. The van der Waals surface area contributed by atoms with E-state index in [1.54, 1.807) is 14.2 Å². The van der Waals surface area contributed by atoms with Gasteiger partial charge in [-0.05, 0) is 81.0 Å². The van der Waals surface area contributed by atoms with E-state index in [4.69, 9.17) is 19.3 Å². The van der Waals surface area contributed by atoms with E-state index in [2.05, 4.69) is 34.6 Å². The van der Waals surface area contributed by atoms with Gasteiger partial charge in [-0.3, -0.25) is 19.4 Å². The smallest absolute Gasteiger partial charge is 0.308 e. The molecule has 0 amide bonds. The third kappa shape index (κ3) is 11.1. The van der Waals surface area contributed by atoms with Crippen molar-refractivity contribution in [2.75, 3.05) is 93.6 Å². The average molecular weight is 749 g/mol. The number of ether oxygens (including phenoxy) is 4. The van der Waals surface area contributed by atoms with Crippen molar-refractivity contribution in [2.45, 2.75) is 77.7 Å². The molecule has 3 saturated carbocycles. The maximum atomic E-state index is 14.2. The Morgan fingerprint density at radius 2 is 1.47 bits per heavy atom. The monoisotopic (exact) mass is 749 g/mol. The number of nitrogens with zero attached hydrogens (tertiary/aromatic N) is 2. The number of morpholine rings is 2. The first kappa shape index (κ1) is 45.4. The van der Waals surface area contributed by atoms with Gasteiger partial charge in [-0.1, -0.05) is 38.7 Å². The second kappa shape index (κ2) is 21.9. The Balaban J connectivity index is 0.00000120. The van der Waals surface area contributed by atoms with Crippen LogP contribution in [0.4, 0.5) is 0 Å². The molecule has 3 aliphatic carbocycles. The minimum Gasteiger partial charge on any atom is -0.481 e. The molecule has 0 aromatic rings. The number of Topliss-reactive ketones (excluding diaryl/α,β-unsaturated/α-hetero) is 1. The molecular formula is C42H72N2O9. The van der Waals surface area contributed by atoms with Gasteiger partial charge in [0.15, 0.2) is 5.78 Å². The molecule has 0 aromatic heterocycles. The van der Waals surface area contributed by atoms with E-state index in [9.17, 15) is 19.5 Å². The number of carboxylic acid groups (broad SMARTS) is 1. The van der Waals surface area contributed by atoms with E-state index in [0.717, 1.165) is 102 Å². The molecule has 0 bridgehead atoms. The third-order valence-electron chi connectivity index (χ3n) is 13.4. The van der Waals surface area contributed by atoms with E-state index >= 15 is 0 Å². The number of rotatable bonds is 8. The number of aliphatic carboxylic acids is 1. The Bertz CT molecular complexity index is 1190. The Morgan fingerprint density at radius 3 is 2.04 bits per heavy atom. The fraction of sp³-hybridized carbons (Fsp3) is 0.833. The van der Waals surface area contributed by atoms with Gasteiger partial charge in [0.25, 0.3) is 0 Å². The number of aldehydes is 1. The maximum Gasteiger partial charge on any atom is 0.308 e. The molecule has 2 N–H and O–H groups in total. The zero-order valence-electron chi connectivity index (χ0n) is 32.5. The number of methoxy groups -OCH3 is 1. The van der Waals surface area contributed by atoms with Gasteiger partial charge >= 0.3 is 5.97 Å². The molecule has 3 aliphatic heterocycles. The molecule has 6 aliphatic rings. The van der Waals surface area contributed by atoms with Crippen molar-refractivity contribution < 1.29 is 43.5 Å². The van der Waals surface area contributed by atoms with Gasteiger partial charge in [-0.15, -0.1) is 0 Å². The average Bonchev–Trinajstić information content (AvgIpc) is 3.23. The van der Waals surface area contributed by atoms with Gasteiger partial charge in [-0.2, -0.15) is 0 Å². The summed E-state index contributed by atoms with van der Waals surface area (Å²) in [5.74, 6) is 0.107. The number of fused-ring (bicyclic) bond motifs is 3. The summed E-state index contributed by atoms with van der Waals surface area (Å²) in [4.78, 5) is 44.0. The predicted octanol–water partition coefficient (Wildman–Crippen LogP) is 5.01. The summed E-state index contributed by atoms with van der Waals surface area (Å²) in [6.07, 6.45) is 8.26. The first-order valence-corrected chi connectivity index (χ1v) is 19.8. The molecule has 6 fully saturated rings. The molecule has 53 heavy (non-hydrogen) atoms. The number of aliphatic hydroxyl groups excluding tert-OH is 1. The highest BCUT2D eigenvalue weighted by Crippen LogP contribution is 2.55. The van der Waals surface area contributed by atoms with Crippen molar-refractivity contribution in [3.05, 3.63) is 24.3 Å². The fourth-order valence-corrected chi connectivity index (χ4v) is 10.3. The lowest BCUT2D eigenvalue weighted by Gasteiger charge is -2.44. The third-order valence-corrected chi connectivity index (χ3v) is 13.4. The largest absolute Gasteiger partial charge is 0.481 e. The molecule has 0 aromatic carbocycles. The summed E-state index contributed by atoms with van der Waals surface area (Å²) >= 11 is 0. The predicted molar refractivity (Wildman–Crippen MR) is 207 cm³/mol. The number of carbonyl (C=O) groups excluding carboxylic acids is 2. The number of carbonyl (C=O) groups is 3. The lowest BCUT2D eigenvalue weighted by Crippen LogP contribution is -2.49. The van der Waals surface area contributed by atoms with Crippen LogP contribution in [0, 0.1) is 53.3 Å². The fourth-order valence-electron chi connectivity index (χ4n) is 10.3. The molecule has 304 valence electrons. The van der Waals surface area contributed by atoms with Crippen molar-refractivity contribution in [1.82, 2.24) is 9.80 Å². The van der Waals surface area contributed by atoms with Crippen LogP contribution in [0.2, 0.25) is 0 Å². The van der Waals surface area contributed by atoms with Crippen molar-refractivity contribution in [2.24, 2.45) is 53.3 Å². The quantitative estimate of drug-likeness (QED) is 0.256. The number of ketones is 1. The van der Waals surface area contributed by atoms with Gasteiger partial charge in [-0.25, -0.2) is 0 Å². The normalized spacial score (nSPS) is 35.2. The van der Waals surface area contributed by atoms with Crippen LogP contribution in [0.5, 0.6) is 0 Å². The number of aliphatic hydroxyl groups is 1.